The second-order valence-corrected chi connectivity index (χ2v) is 5.72. The van der Waals surface area contributed by atoms with Gasteiger partial charge in [-0.2, -0.15) is 0 Å². The summed E-state index contributed by atoms with van der Waals surface area (Å²) in [4.78, 5) is 4.69. The van der Waals surface area contributed by atoms with Crippen LogP contribution < -0.4 is 5.73 Å². The minimum absolute atomic E-state index is 0.306. The van der Waals surface area contributed by atoms with Crippen molar-refractivity contribution in [2.24, 2.45) is 10.7 Å². The summed E-state index contributed by atoms with van der Waals surface area (Å²) in [5.74, 6) is 0.605. The fraction of sp³-hybridized carbons (Fsp3) is 0.214. The molecule has 0 aliphatic carbocycles. The fourth-order valence-electron chi connectivity index (χ4n) is 2.45. The van der Waals surface area contributed by atoms with Gasteiger partial charge in [0.2, 0.25) is 0 Å². The number of halogens is 1. The Balaban J connectivity index is 2.10. The van der Waals surface area contributed by atoms with Crippen LogP contribution in [0.25, 0.3) is 0 Å². The van der Waals surface area contributed by atoms with Crippen LogP contribution in [0.1, 0.15) is 18.2 Å². The first-order chi connectivity index (χ1) is 8.58. The lowest BCUT2D eigenvalue weighted by molar-refractivity contribution is 0.402. The van der Waals surface area contributed by atoms with Crippen molar-refractivity contribution >= 4 is 21.8 Å². The van der Waals surface area contributed by atoms with Crippen LogP contribution in [0.3, 0.4) is 0 Å². The predicted octanol–water partition coefficient (Wildman–Crippen LogP) is 2.88. The van der Waals surface area contributed by atoms with Crippen LogP contribution >= 0.6 is 15.9 Å². The Kier molecular flexibility index (Phi) is 2.55. The zero-order chi connectivity index (χ0) is 12.8. The first-order valence-corrected chi connectivity index (χ1v) is 6.65. The lowest BCUT2D eigenvalue weighted by Crippen LogP contribution is -2.36. The molecule has 0 fully saturated rings. The van der Waals surface area contributed by atoms with Gasteiger partial charge in [-0.3, -0.25) is 4.99 Å². The monoisotopic (exact) mass is 303 g/mol. The summed E-state index contributed by atoms with van der Waals surface area (Å²) in [6.07, 6.45) is 2.05. The first-order valence-electron chi connectivity index (χ1n) is 5.85. The predicted molar refractivity (Wildman–Crippen MR) is 76.7 cm³/mol. The van der Waals surface area contributed by atoms with Crippen molar-refractivity contribution in [3.63, 3.8) is 0 Å². The van der Waals surface area contributed by atoms with Crippen molar-refractivity contribution in [1.82, 2.24) is 4.57 Å². The zero-order valence-corrected chi connectivity index (χ0v) is 11.7. The Morgan fingerprint density at radius 2 is 2.17 bits per heavy atom. The van der Waals surface area contributed by atoms with E-state index in [0.29, 0.717) is 5.84 Å². The topological polar surface area (TPSA) is 43.3 Å². The molecule has 0 spiro atoms. The molecule has 3 rings (SSSR count). The number of amidine groups is 1. The number of hydrogen-bond acceptors (Lipinski definition) is 2. The van der Waals surface area contributed by atoms with Crippen LogP contribution in [-0.2, 0) is 12.1 Å². The van der Waals surface area contributed by atoms with Crippen LogP contribution in [0.2, 0.25) is 0 Å². The Morgan fingerprint density at radius 1 is 1.33 bits per heavy atom. The van der Waals surface area contributed by atoms with Crippen molar-refractivity contribution < 1.29 is 0 Å². The smallest absolute Gasteiger partial charge is 0.143 e. The van der Waals surface area contributed by atoms with Gasteiger partial charge in [0.05, 0.1) is 12.2 Å². The number of nitrogens with zero attached hydrogens (tertiary/aromatic N) is 2. The summed E-state index contributed by atoms with van der Waals surface area (Å²) < 4.78 is 3.22. The minimum atomic E-state index is -0.306. The van der Waals surface area contributed by atoms with E-state index in [1.54, 1.807) is 0 Å². The van der Waals surface area contributed by atoms with Crippen molar-refractivity contribution in [2.45, 2.75) is 19.0 Å². The summed E-state index contributed by atoms with van der Waals surface area (Å²) in [6, 6.07) is 12.2. The number of benzene rings is 1. The van der Waals surface area contributed by atoms with Crippen LogP contribution in [-0.4, -0.2) is 10.4 Å². The second-order valence-electron chi connectivity index (χ2n) is 4.80. The molecular formula is C14H14BrN3. The third kappa shape index (κ3) is 1.77. The molecule has 1 aliphatic heterocycles. The summed E-state index contributed by atoms with van der Waals surface area (Å²) >= 11 is 3.51. The van der Waals surface area contributed by atoms with E-state index < -0.39 is 0 Å². The quantitative estimate of drug-likeness (QED) is 0.865. The third-order valence-electron chi connectivity index (χ3n) is 3.38. The van der Waals surface area contributed by atoms with Gasteiger partial charge in [0.25, 0.3) is 0 Å². The van der Waals surface area contributed by atoms with Crippen molar-refractivity contribution in [2.75, 3.05) is 0 Å². The summed E-state index contributed by atoms with van der Waals surface area (Å²) in [5.41, 5.74) is 7.92. The highest BCUT2D eigenvalue weighted by molar-refractivity contribution is 9.10. The number of rotatable bonds is 1. The lowest BCUT2D eigenvalue weighted by Gasteiger charge is -2.32. The maximum Gasteiger partial charge on any atom is 0.143 e. The molecule has 2 heterocycles. The molecule has 1 aromatic carbocycles. The molecule has 2 N–H and O–H groups in total. The van der Waals surface area contributed by atoms with Gasteiger partial charge in [-0.15, -0.1) is 0 Å². The number of aromatic nitrogens is 1. The van der Waals surface area contributed by atoms with E-state index in [4.69, 9.17) is 10.7 Å². The molecular weight excluding hydrogens is 290 g/mol. The standard InChI is InChI=1S/C14H14BrN3/c1-14(10-4-2-5-11(15)8-10)9-18-7-3-6-12(18)13(16)17-14/h2-8H,9H2,1H3,(H2,16,17)/t14-/m1/s1. The molecule has 0 saturated heterocycles. The van der Waals surface area contributed by atoms with Crippen molar-refractivity contribution in [3.8, 4) is 0 Å². The van der Waals surface area contributed by atoms with Crippen LogP contribution in [0.15, 0.2) is 52.1 Å². The minimum Gasteiger partial charge on any atom is -0.382 e. The van der Waals surface area contributed by atoms with E-state index in [9.17, 15) is 0 Å². The average molecular weight is 304 g/mol. The average Bonchev–Trinajstić information content (AvgIpc) is 2.77. The van der Waals surface area contributed by atoms with Crippen molar-refractivity contribution in [1.29, 1.82) is 0 Å². The fourth-order valence-corrected chi connectivity index (χ4v) is 2.85. The Hall–Kier alpha value is -1.55. The van der Waals surface area contributed by atoms with Gasteiger partial charge in [-0.05, 0) is 36.8 Å². The van der Waals surface area contributed by atoms with Crippen molar-refractivity contribution in [3.05, 3.63) is 58.3 Å². The molecule has 1 aliphatic rings. The SMILES string of the molecule is C[C@]1(c2cccc(Br)c2)Cn2cccc2C(N)=N1. The van der Waals surface area contributed by atoms with E-state index in [0.717, 1.165) is 16.7 Å². The van der Waals surface area contributed by atoms with Crippen LogP contribution in [0.4, 0.5) is 0 Å². The van der Waals surface area contributed by atoms with Crippen LogP contribution in [0.5, 0.6) is 0 Å². The van der Waals surface area contributed by atoms with E-state index in [1.165, 1.54) is 5.56 Å². The van der Waals surface area contributed by atoms with E-state index in [1.807, 2.05) is 30.5 Å². The Labute approximate surface area is 114 Å². The molecule has 0 radical (unpaired) electrons. The van der Waals surface area contributed by atoms with Gasteiger partial charge < -0.3 is 10.3 Å². The molecule has 2 aromatic rings. The maximum atomic E-state index is 6.06. The van der Waals surface area contributed by atoms with Gasteiger partial charge in [0.15, 0.2) is 0 Å². The Bertz CT molecular complexity index is 629. The molecule has 18 heavy (non-hydrogen) atoms. The maximum absolute atomic E-state index is 6.06. The summed E-state index contributed by atoms with van der Waals surface area (Å²) in [7, 11) is 0. The van der Waals surface area contributed by atoms with Gasteiger partial charge in [0, 0.05) is 10.7 Å². The molecule has 1 aromatic heterocycles. The molecule has 0 bridgehead atoms. The molecule has 0 saturated carbocycles. The normalized spacial score (nSPS) is 22.4. The second kappa shape index (κ2) is 3.99. The number of nitrogens with two attached hydrogens (primary N) is 1. The largest absolute Gasteiger partial charge is 0.382 e. The molecule has 3 nitrogen and oxygen atoms in total. The van der Waals surface area contributed by atoms with Gasteiger partial charge in [0.1, 0.15) is 11.4 Å². The van der Waals surface area contributed by atoms with Gasteiger partial charge in [-0.25, -0.2) is 0 Å². The molecule has 0 amide bonds. The third-order valence-corrected chi connectivity index (χ3v) is 3.88. The van der Waals surface area contributed by atoms with Gasteiger partial charge >= 0.3 is 0 Å². The van der Waals surface area contributed by atoms with Gasteiger partial charge in [-0.1, -0.05) is 28.1 Å². The molecule has 4 heteroatoms. The molecule has 0 unspecified atom stereocenters. The van der Waals surface area contributed by atoms with Crippen LogP contribution in [0, 0.1) is 0 Å². The van der Waals surface area contributed by atoms with E-state index in [2.05, 4.69) is 39.6 Å². The number of aliphatic imine (C=N–C) groups is 1. The highest BCUT2D eigenvalue weighted by Gasteiger charge is 2.31. The molecule has 1 atom stereocenters. The molecule has 92 valence electrons. The van der Waals surface area contributed by atoms with E-state index >= 15 is 0 Å². The number of fused-ring (bicyclic) bond motifs is 1. The highest BCUT2D eigenvalue weighted by atomic mass is 79.9. The number of hydrogen-bond donors (Lipinski definition) is 1. The summed E-state index contributed by atoms with van der Waals surface area (Å²) in [6.45, 7) is 2.93. The lowest BCUT2D eigenvalue weighted by atomic mass is 9.91. The van der Waals surface area contributed by atoms with E-state index in [-0.39, 0.29) is 5.54 Å². The summed E-state index contributed by atoms with van der Waals surface area (Å²) in [5, 5.41) is 0. The Morgan fingerprint density at radius 3 is 2.94 bits per heavy atom. The zero-order valence-electron chi connectivity index (χ0n) is 10.1. The highest BCUT2D eigenvalue weighted by Crippen LogP contribution is 2.32. The first kappa shape index (κ1) is 11.5.